The molecule has 0 saturated heterocycles. The van der Waals surface area contributed by atoms with Gasteiger partial charge in [-0.2, -0.15) is 0 Å². The molecule has 4 N–H and O–H groups in total. The predicted octanol–water partition coefficient (Wildman–Crippen LogP) is 0.922. The van der Waals surface area contributed by atoms with Crippen molar-refractivity contribution in [2.75, 3.05) is 23.4 Å². The molecule has 1 aromatic rings. The molecule has 0 aliphatic heterocycles. The van der Waals surface area contributed by atoms with Crippen LogP contribution in [-0.4, -0.2) is 33.8 Å². The van der Waals surface area contributed by atoms with Crippen molar-refractivity contribution in [2.45, 2.75) is 39.7 Å². The van der Waals surface area contributed by atoms with Gasteiger partial charge in [-0.05, 0) is 20.8 Å². The summed E-state index contributed by atoms with van der Waals surface area (Å²) >= 11 is 0. The summed E-state index contributed by atoms with van der Waals surface area (Å²) in [5.41, 5.74) is 1.77. The Labute approximate surface area is 108 Å². The predicted molar refractivity (Wildman–Crippen MR) is 73.4 cm³/mol. The van der Waals surface area contributed by atoms with Crippen LogP contribution < -0.4 is 16.2 Å². The number of nitrogens with two attached hydrogens (primary N) is 1. The Kier molecular flexibility index (Phi) is 4.86. The van der Waals surface area contributed by atoms with Gasteiger partial charge < -0.3 is 15.4 Å². The molecule has 0 amide bonds. The number of aromatic nitrogens is 2. The van der Waals surface area contributed by atoms with E-state index < -0.39 is 5.60 Å². The highest BCUT2D eigenvalue weighted by atomic mass is 16.3. The number of hydrogen-bond acceptors (Lipinski definition) is 6. The number of nitrogens with zero attached hydrogens (tertiary/aromatic N) is 3. The van der Waals surface area contributed by atoms with Gasteiger partial charge in [-0.1, -0.05) is 6.92 Å². The van der Waals surface area contributed by atoms with Gasteiger partial charge in [0, 0.05) is 25.6 Å². The largest absolute Gasteiger partial charge is 0.389 e. The van der Waals surface area contributed by atoms with Crippen LogP contribution in [0.5, 0.6) is 0 Å². The molecule has 0 unspecified atom stereocenters. The normalized spacial score (nSPS) is 11.4. The summed E-state index contributed by atoms with van der Waals surface area (Å²) in [5, 5.41) is 9.91. The number of aryl methyl sites for hydroxylation is 1. The van der Waals surface area contributed by atoms with Crippen molar-refractivity contribution in [3.05, 3.63) is 11.9 Å². The van der Waals surface area contributed by atoms with Crippen LogP contribution in [0.4, 0.5) is 11.6 Å². The molecule has 102 valence electrons. The standard InChI is InChI=1S/C12H23N5O/c1-5-9-14-10(16-13)7-11(15-9)17(6-2)8-12(3,4)18/h7,18H,5-6,8,13H2,1-4H3,(H,14,15,16). The molecule has 0 aliphatic rings. The molecule has 18 heavy (non-hydrogen) atoms. The molecule has 0 fully saturated rings. The Morgan fingerprint density at radius 3 is 2.50 bits per heavy atom. The van der Waals surface area contributed by atoms with E-state index in [1.165, 1.54) is 0 Å². The summed E-state index contributed by atoms with van der Waals surface area (Å²) in [4.78, 5) is 10.7. The highest BCUT2D eigenvalue weighted by Crippen LogP contribution is 2.18. The number of hydrogen-bond donors (Lipinski definition) is 3. The average Bonchev–Trinajstić information content (AvgIpc) is 2.34. The van der Waals surface area contributed by atoms with Crippen LogP contribution in [0.3, 0.4) is 0 Å². The van der Waals surface area contributed by atoms with Gasteiger partial charge >= 0.3 is 0 Å². The van der Waals surface area contributed by atoms with Gasteiger partial charge in [-0.25, -0.2) is 15.8 Å². The van der Waals surface area contributed by atoms with Gasteiger partial charge in [-0.15, -0.1) is 0 Å². The average molecular weight is 253 g/mol. The van der Waals surface area contributed by atoms with E-state index in [1.54, 1.807) is 19.9 Å². The number of likely N-dealkylation sites (N-methyl/N-ethyl adjacent to an activating group) is 1. The van der Waals surface area contributed by atoms with Crippen LogP contribution in [-0.2, 0) is 6.42 Å². The van der Waals surface area contributed by atoms with Gasteiger partial charge in [0.05, 0.1) is 5.60 Å². The van der Waals surface area contributed by atoms with E-state index >= 15 is 0 Å². The van der Waals surface area contributed by atoms with Crippen molar-refractivity contribution in [3.63, 3.8) is 0 Å². The molecule has 0 atom stereocenters. The highest BCUT2D eigenvalue weighted by Gasteiger charge is 2.19. The molecule has 0 spiro atoms. The summed E-state index contributed by atoms with van der Waals surface area (Å²) in [7, 11) is 0. The third-order valence-electron chi connectivity index (χ3n) is 2.51. The van der Waals surface area contributed by atoms with Crippen LogP contribution in [0.15, 0.2) is 6.07 Å². The first-order chi connectivity index (χ1) is 8.39. The van der Waals surface area contributed by atoms with Gasteiger partial charge in [-0.3, -0.25) is 0 Å². The van der Waals surface area contributed by atoms with E-state index in [4.69, 9.17) is 5.84 Å². The van der Waals surface area contributed by atoms with E-state index in [1.807, 2.05) is 18.7 Å². The van der Waals surface area contributed by atoms with Crippen molar-refractivity contribution in [1.82, 2.24) is 9.97 Å². The lowest BCUT2D eigenvalue weighted by atomic mass is 10.1. The fraction of sp³-hybridized carbons (Fsp3) is 0.667. The Bertz CT molecular complexity index is 366. The molecule has 1 aromatic heterocycles. The maximum atomic E-state index is 9.91. The molecule has 0 bridgehead atoms. The molecular weight excluding hydrogens is 230 g/mol. The Hall–Kier alpha value is -1.40. The smallest absolute Gasteiger partial charge is 0.145 e. The Balaban J connectivity index is 3.04. The fourth-order valence-electron chi connectivity index (χ4n) is 1.70. The van der Waals surface area contributed by atoms with Crippen LogP contribution in [0.25, 0.3) is 0 Å². The van der Waals surface area contributed by atoms with Crippen molar-refractivity contribution in [3.8, 4) is 0 Å². The number of aliphatic hydroxyl groups is 1. The molecule has 0 aromatic carbocycles. The third kappa shape index (κ3) is 4.12. The molecule has 0 aliphatic carbocycles. The molecule has 0 radical (unpaired) electrons. The van der Waals surface area contributed by atoms with Crippen molar-refractivity contribution in [1.29, 1.82) is 0 Å². The Morgan fingerprint density at radius 2 is 2.06 bits per heavy atom. The number of hydrazine groups is 1. The van der Waals surface area contributed by atoms with Crippen LogP contribution in [0, 0.1) is 0 Å². The lowest BCUT2D eigenvalue weighted by molar-refractivity contribution is 0.0874. The van der Waals surface area contributed by atoms with E-state index in [-0.39, 0.29) is 0 Å². The fourth-order valence-corrected chi connectivity index (χ4v) is 1.70. The van der Waals surface area contributed by atoms with Crippen molar-refractivity contribution in [2.24, 2.45) is 5.84 Å². The highest BCUT2D eigenvalue weighted by molar-refractivity contribution is 5.49. The lowest BCUT2D eigenvalue weighted by Crippen LogP contribution is -2.39. The van der Waals surface area contributed by atoms with Crippen molar-refractivity contribution < 1.29 is 5.11 Å². The summed E-state index contributed by atoms with van der Waals surface area (Å²) < 4.78 is 0. The second-order valence-corrected chi connectivity index (χ2v) is 4.85. The zero-order valence-corrected chi connectivity index (χ0v) is 11.6. The van der Waals surface area contributed by atoms with Crippen molar-refractivity contribution >= 4 is 11.6 Å². The van der Waals surface area contributed by atoms with Gasteiger partial charge in [0.1, 0.15) is 17.5 Å². The van der Waals surface area contributed by atoms with Crippen LogP contribution >= 0.6 is 0 Å². The zero-order chi connectivity index (χ0) is 13.8. The summed E-state index contributed by atoms with van der Waals surface area (Å²) in [6.45, 7) is 8.84. The van der Waals surface area contributed by atoms with Gasteiger partial charge in [0.25, 0.3) is 0 Å². The minimum atomic E-state index is -0.774. The minimum absolute atomic E-state index is 0.508. The maximum Gasteiger partial charge on any atom is 0.145 e. The number of rotatable bonds is 6. The second kappa shape index (κ2) is 5.97. The topological polar surface area (TPSA) is 87.3 Å². The summed E-state index contributed by atoms with van der Waals surface area (Å²) in [5.74, 6) is 7.50. The van der Waals surface area contributed by atoms with Crippen LogP contribution in [0.1, 0.15) is 33.5 Å². The van der Waals surface area contributed by atoms with Crippen LogP contribution in [0.2, 0.25) is 0 Å². The maximum absolute atomic E-state index is 9.91. The molecular formula is C12H23N5O. The first-order valence-corrected chi connectivity index (χ1v) is 6.21. The van der Waals surface area contributed by atoms with Gasteiger partial charge in [0.15, 0.2) is 0 Å². The molecule has 6 nitrogen and oxygen atoms in total. The van der Waals surface area contributed by atoms with E-state index in [0.717, 1.165) is 24.6 Å². The minimum Gasteiger partial charge on any atom is -0.389 e. The number of anilines is 2. The number of nitrogens with one attached hydrogen (secondary N) is 1. The van der Waals surface area contributed by atoms with E-state index in [9.17, 15) is 5.11 Å². The molecule has 1 rings (SSSR count). The summed E-state index contributed by atoms with van der Waals surface area (Å²) in [6.07, 6.45) is 0.739. The SMILES string of the molecule is CCc1nc(NN)cc(N(CC)CC(C)(C)O)n1. The van der Waals surface area contributed by atoms with E-state index in [2.05, 4.69) is 15.4 Å². The number of nitrogen functional groups attached to an aromatic ring is 1. The third-order valence-corrected chi connectivity index (χ3v) is 2.51. The lowest BCUT2D eigenvalue weighted by Gasteiger charge is -2.29. The first-order valence-electron chi connectivity index (χ1n) is 6.21. The molecule has 6 heteroatoms. The summed E-state index contributed by atoms with van der Waals surface area (Å²) in [6, 6.07) is 1.79. The molecule has 0 saturated carbocycles. The quantitative estimate of drug-likeness (QED) is 0.516. The second-order valence-electron chi connectivity index (χ2n) is 4.85. The van der Waals surface area contributed by atoms with E-state index in [0.29, 0.717) is 12.4 Å². The first kappa shape index (κ1) is 14.7. The Morgan fingerprint density at radius 1 is 1.39 bits per heavy atom. The zero-order valence-electron chi connectivity index (χ0n) is 11.6. The molecule has 1 heterocycles. The monoisotopic (exact) mass is 253 g/mol. The van der Waals surface area contributed by atoms with Gasteiger partial charge in [0.2, 0.25) is 0 Å².